The Morgan fingerprint density at radius 2 is 1.68 bits per heavy atom. The molecule has 0 radical (unpaired) electrons. The molecule has 0 saturated carbocycles. The zero-order valence-electron chi connectivity index (χ0n) is 24.2. The van der Waals surface area contributed by atoms with E-state index >= 15 is 0 Å². The molecule has 0 amide bonds. The molecule has 0 aliphatic carbocycles. The molecule has 2 aliphatic rings. The van der Waals surface area contributed by atoms with Crippen molar-refractivity contribution in [3.63, 3.8) is 0 Å². The third kappa shape index (κ3) is 6.85. The Bertz CT molecular complexity index is 1410. The molecule has 2 aliphatic heterocycles. The van der Waals surface area contributed by atoms with Crippen molar-refractivity contribution in [1.82, 2.24) is 19.2 Å². The number of anilines is 4. The number of benzene rings is 1. The first kappa shape index (κ1) is 30.8. The summed E-state index contributed by atoms with van der Waals surface area (Å²) >= 11 is 0. The van der Waals surface area contributed by atoms with Gasteiger partial charge in [-0.2, -0.15) is 27.7 Å². The lowest BCUT2D eigenvalue weighted by molar-refractivity contribution is -0.137. The largest absolute Gasteiger partial charge is 0.421 e. The summed E-state index contributed by atoms with van der Waals surface area (Å²) in [6.45, 7) is 9.76. The first-order chi connectivity index (χ1) is 18.9. The van der Waals surface area contributed by atoms with E-state index in [2.05, 4.69) is 59.3 Å². The van der Waals surface area contributed by atoms with Crippen molar-refractivity contribution >= 4 is 33.2 Å². The van der Waals surface area contributed by atoms with Gasteiger partial charge in [0.15, 0.2) is 0 Å². The van der Waals surface area contributed by atoms with Gasteiger partial charge in [-0.25, -0.2) is 13.4 Å². The van der Waals surface area contributed by atoms with Crippen molar-refractivity contribution in [2.45, 2.75) is 63.8 Å². The van der Waals surface area contributed by atoms with Crippen molar-refractivity contribution in [2.24, 2.45) is 0 Å². The summed E-state index contributed by atoms with van der Waals surface area (Å²) in [6.07, 6.45) is -1.45. The van der Waals surface area contributed by atoms with E-state index in [9.17, 15) is 26.9 Å². The minimum atomic E-state index is -4.64. The van der Waals surface area contributed by atoms with Crippen LogP contribution in [0.5, 0.6) is 0 Å². The van der Waals surface area contributed by atoms with E-state index in [0.29, 0.717) is 56.0 Å². The van der Waals surface area contributed by atoms with Crippen molar-refractivity contribution in [2.75, 3.05) is 55.0 Å². The fourth-order valence-electron chi connectivity index (χ4n) is 5.80. The van der Waals surface area contributed by atoms with Gasteiger partial charge in [-0.05, 0) is 65.8 Å². The minimum absolute atomic E-state index is 0.0367. The fraction of sp³-hybridized carbons (Fsp3) is 0.593. The normalized spacial score (nSPS) is 20.4. The van der Waals surface area contributed by atoms with Crippen molar-refractivity contribution in [1.29, 1.82) is 5.26 Å². The molecule has 0 unspecified atom stereocenters. The van der Waals surface area contributed by atoms with E-state index in [0.717, 1.165) is 6.20 Å². The number of alkyl halides is 3. The topological polar surface area (TPSA) is 117 Å². The van der Waals surface area contributed by atoms with E-state index in [1.54, 1.807) is 18.2 Å². The Labute approximate surface area is 239 Å². The highest BCUT2D eigenvalue weighted by Crippen LogP contribution is 2.40. The molecule has 0 bridgehead atoms. The number of aromatic nitrogens is 2. The lowest BCUT2D eigenvalue weighted by atomic mass is 9.77. The van der Waals surface area contributed by atoms with E-state index in [4.69, 9.17) is 0 Å². The second-order valence-electron chi connectivity index (χ2n) is 12.0. The monoisotopic (exact) mass is 594 g/mol. The number of nitrogens with one attached hydrogen (secondary N) is 2. The van der Waals surface area contributed by atoms with Gasteiger partial charge >= 0.3 is 6.18 Å². The maximum Gasteiger partial charge on any atom is 0.421 e. The summed E-state index contributed by atoms with van der Waals surface area (Å²) in [5.41, 5.74) is 0.00177. The van der Waals surface area contributed by atoms with Crippen LogP contribution in [0.4, 0.5) is 36.3 Å². The molecule has 224 valence electrons. The lowest BCUT2D eigenvalue weighted by Crippen LogP contribution is -2.61. The fourth-order valence-corrected chi connectivity index (χ4v) is 6.62. The molecule has 14 heteroatoms. The van der Waals surface area contributed by atoms with Gasteiger partial charge in [-0.3, -0.25) is 4.90 Å². The molecule has 2 N–H and O–H groups in total. The number of halogens is 3. The number of rotatable bonds is 6. The lowest BCUT2D eigenvalue weighted by Gasteiger charge is -2.53. The van der Waals surface area contributed by atoms with Crippen LogP contribution in [0.15, 0.2) is 24.4 Å². The smallest absolute Gasteiger partial charge is 0.368 e. The highest BCUT2D eigenvalue weighted by molar-refractivity contribution is 7.88. The molecule has 3 heterocycles. The van der Waals surface area contributed by atoms with Crippen LogP contribution in [0, 0.1) is 11.3 Å². The molecule has 4 rings (SSSR count). The van der Waals surface area contributed by atoms with Crippen LogP contribution in [-0.4, -0.2) is 84.2 Å². The zero-order valence-corrected chi connectivity index (χ0v) is 25.0. The van der Waals surface area contributed by atoms with Crippen LogP contribution >= 0.6 is 0 Å². The molecule has 41 heavy (non-hydrogen) atoms. The molecule has 10 nitrogen and oxygen atoms in total. The maximum absolute atomic E-state index is 13.9. The molecular formula is C27H37F3N8O2S. The van der Waals surface area contributed by atoms with Gasteiger partial charge < -0.3 is 15.5 Å². The molecule has 1 aromatic carbocycles. The number of piperazine rings is 1. The van der Waals surface area contributed by atoms with Crippen molar-refractivity contribution < 1.29 is 21.6 Å². The number of sulfonamides is 1. The predicted octanol–water partition coefficient (Wildman–Crippen LogP) is 4.26. The second-order valence-corrected chi connectivity index (χ2v) is 14.0. The number of hydrogen-bond acceptors (Lipinski definition) is 9. The van der Waals surface area contributed by atoms with E-state index in [1.807, 2.05) is 11.9 Å². The molecular weight excluding hydrogens is 557 g/mol. The van der Waals surface area contributed by atoms with Crippen LogP contribution in [0.25, 0.3) is 0 Å². The minimum Gasteiger partial charge on any atom is -0.368 e. The van der Waals surface area contributed by atoms with E-state index in [1.165, 1.54) is 10.6 Å². The Morgan fingerprint density at radius 3 is 2.22 bits per heavy atom. The maximum atomic E-state index is 13.9. The van der Waals surface area contributed by atoms with Gasteiger partial charge in [0, 0.05) is 55.2 Å². The van der Waals surface area contributed by atoms with Crippen molar-refractivity contribution in [3.8, 4) is 6.07 Å². The van der Waals surface area contributed by atoms with Gasteiger partial charge in [0.25, 0.3) is 0 Å². The Morgan fingerprint density at radius 1 is 1.07 bits per heavy atom. The summed E-state index contributed by atoms with van der Waals surface area (Å²) in [5.74, 6) is -0.331. The average molecular weight is 595 g/mol. The van der Waals surface area contributed by atoms with Gasteiger partial charge in [0.05, 0.1) is 17.5 Å². The number of nitrogens with zero attached hydrogens (tertiary/aromatic N) is 6. The third-order valence-corrected chi connectivity index (χ3v) is 9.47. The molecule has 1 aromatic heterocycles. The second kappa shape index (κ2) is 10.9. The van der Waals surface area contributed by atoms with Gasteiger partial charge in [0.2, 0.25) is 16.0 Å². The summed E-state index contributed by atoms with van der Waals surface area (Å²) in [4.78, 5) is 12.3. The summed E-state index contributed by atoms with van der Waals surface area (Å²) < 4.78 is 66.8. The highest BCUT2D eigenvalue weighted by Gasteiger charge is 2.44. The van der Waals surface area contributed by atoms with Gasteiger partial charge in [0.1, 0.15) is 17.5 Å². The molecule has 0 spiro atoms. The standard InChI is InChI=1S/C27H37F3N8O2S/c1-25(2)14-20(15-26(3,4)36(25)5)33-23-21(27(28,29)30)17-32-24(35-23)34-19-7-8-22(18(13-19)16-31)37-9-11-38(12-10-37)41(6,39)40/h7-8,13,17,20H,9-12,14-15H2,1-6H3,(H2,32,33,34,35). The van der Waals surface area contributed by atoms with E-state index < -0.39 is 21.8 Å². The number of likely N-dealkylation sites (tertiary alicyclic amines) is 1. The van der Waals surface area contributed by atoms with Gasteiger partial charge in [-0.15, -0.1) is 0 Å². The molecule has 2 aromatic rings. The van der Waals surface area contributed by atoms with Crippen LogP contribution < -0.4 is 15.5 Å². The van der Waals surface area contributed by atoms with Crippen LogP contribution in [0.3, 0.4) is 0 Å². The van der Waals surface area contributed by atoms with Crippen LogP contribution in [-0.2, 0) is 16.2 Å². The first-order valence-electron chi connectivity index (χ1n) is 13.4. The quantitative estimate of drug-likeness (QED) is 0.506. The Kier molecular flexibility index (Phi) is 8.20. The Hall–Kier alpha value is -3.15. The predicted molar refractivity (Wildman–Crippen MR) is 153 cm³/mol. The number of piperidine rings is 1. The SMILES string of the molecule is CN1C(C)(C)CC(Nc2nc(Nc3ccc(N4CCN(S(C)(=O)=O)CC4)c(C#N)c3)ncc2C(F)(F)F)CC1(C)C. The average Bonchev–Trinajstić information content (AvgIpc) is 2.86. The summed E-state index contributed by atoms with van der Waals surface area (Å²) in [6, 6.07) is 6.90. The molecule has 2 saturated heterocycles. The van der Waals surface area contributed by atoms with Crippen molar-refractivity contribution in [3.05, 3.63) is 35.5 Å². The highest BCUT2D eigenvalue weighted by atomic mass is 32.2. The molecule has 0 atom stereocenters. The van der Waals surface area contributed by atoms with Gasteiger partial charge in [-0.1, -0.05) is 0 Å². The Balaban J connectivity index is 1.56. The zero-order chi connectivity index (χ0) is 30.4. The van der Waals surface area contributed by atoms with E-state index in [-0.39, 0.29) is 28.9 Å². The van der Waals surface area contributed by atoms with Crippen LogP contribution in [0.2, 0.25) is 0 Å². The van der Waals surface area contributed by atoms with Crippen LogP contribution in [0.1, 0.15) is 51.7 Å². The third-order valence-electron chi connectivity index (χ3n) is 8.16. The number of hydrogen-bond donors (Lipinski definition) is 2. The summed E-state index contributed by atoms with van der Waals surface area (Å²) in [7, 11) is -1.26. The molecule has 2 fully saturated rings. The first-order valence-corrected chi connectivity index (χ1v) is 15.2. The number of nitriles is 1. The summed E-state index contributed by atoms with van der Waals surface area (Å²) in [5, 5.41) is 15.8.